The normalized spacial score (nSPS) is 15.2. The molecule has 18 heavy (non-hydrogen) atoms. The summed E-state index contributed by atoms with van der Waals surface area (Å²) in [5.74, 6) is -2.27. The predicted octanol–water partition coefficient (Wildman–Crippen LogP) is -3.04. The topological polar surface area (TPSA) is 107 Å². The van der Waals surface area contributed by atoms with Crippen LogP contribution in [0.5, 0.6) is 0 Å². The summed E-state index contributed by atoms with van der Waals surface area (Å²) in [4.78, 5) is 46.9. The number of aliphatic hydroxyl groups excluding tert-OH is 1. The molecule has 3 amide bonds. The van der Waals surface area contributed by atoms with Crippen molar-refractivity contribution in [2.24, 2.45) is 0 Å². The van der Waals surface area contributed by atoms with Gasteiger partial charge in [0.15, 0.2) is 0 Å². The Kier molecular flexibility index (Phi) is 5.25. The summed E-state index contributed by atoms with van der Waals surface area (Å²) in [6, 6.07) is 0. The molecule has 0 radical (unpaired) electrons. The lowest BCUT2D eigenvalue weighted by molar-refractivity contribution is -0.141. The Balaban J connectivity index is 2.31. The number of nitrogens with one attached hydrogen (secondary N) is 1. The van der Waals surface area contributed by atoms with E-state index < -0.39 is 18.3 Å². The molecule has 100 valence electrons. The van der Waals surface area contributed by atoms with Crippen LogP contribution in [-0.2, 0) is 19.2 Å². The quantitative estimate of drug-likeness (QED) is 0.402. The van der Waals surface area contributed by atoms with Crippen molar-refractivity contribution in [3.05, 3.63) is 0 Å². The van der Waals surface area contributed by atoms with Crippen LogP contribution in [0.15, 0.2) is 0 Å². The molecule has 2 N–H and O–H groups in total. The van der Waals surface area contributed by atoms with Crippen molar-refractivity contribution in [1.29, 1.82) is 0 Å². The van der Waals surface area contributed by atoms with E-state index in [1.165, 1.54) is 4.90 Å². The molecule has 0 atom stereocenters. The molecule has 1 heterocycles. The van der Waals surface area contributed by atoms with Crippen molar-refractivity contribution in [2.45, 2.75) is 0 Å². The lowest BCUT2D eigenvalue weighted by Crippen LogP contribution is -2.51. The second kappa shape index (κ2) is 6.70. The van der Waals surface area contributed by atoms with Gasteiger partial charge in [-0.25, -0.2) is 0 Å². The second-order valence-electron chi connectivity index (χ2n) is 3.79. The highest BCUT2D eigenvalue weighted by molar-refractivity contribution is 6.36. The Morgan fingerprint density at radius 2 is 1.78 bits per heavy atom. The molecule has 0 unspecified atom stereocenters. The SMILES string of the molecule is O=CN1CCN(C(=O)CNC(=O)C(=O)CO)CC1. The minimum Gasteiger partial charge on any atom is -0.388 e. The van der Waals surface area contributed by atoms with Crippen LogP contribution < -0.4 is 5.32 Å². The van der Waals surface area contributed by atoms with Gasteiger partial charge in [-0.15, -0.1) is 0 Å². The van der Waals surface area contributed by atoms with E-state index in [0.29, 0.717) is 26.2 Å². The molecular formula is C10H15N3O5. The number of rotatable bonds is 5. The summed E-state index contributed by atoms with van der Waals surface area (Å²) in [6.07, 6.45) is 0.726. The highest BCUT2D eigenvalue weighted by Gasteiger charge is 2.21. The van der Waals surface area contributed by atoms with Crippen molar-refractivity contribution in [3.8, 4) is 0 Å². The van der Waals surface area contributed by atoms with E-state index in [4.69, 9.17) is 5.11 Å². The zero-order chi connectivity index (χ0) is 13.5. The summed E-state index contributed by atoms with van der Waals surface area (Å²) >= 11 is 0. The van der Waals surface area contributed by atoms with Crippen LogP contribution in [0, 0.1) is 0 Å². The van der Waals surface area contributed by atoms with Crippen molar-refractivity contribution in [2.75, 3.05) is 39.3 Å². The third kappa shape index (κ3) is 3.81. The van der Waals surface area contributed by atoms with Crippen molar-refractivity contribution in [3.63, 3.8) is 0 Å². The molecule has 1 saturated heterocycles. The Morgan fingerprint density at radius 3 is 2.28 bits per heavy atom. The Labute approximate surface area is 104 Å². The highest BCUT2D eigenvalue weighted by atomic mass is 16.3. The number of aliphatic hydroxyl groups is 1. The first-order valence-electron chi connectivity index (χ1n) is 5.47. The number of carbonyl (C=O) groups excluding carboxylic acids is 4. The third-order valence-corrected chi connectivity index (χ3v) is 2.61. The monoisotopic (exact) mass is 257 g/mol. The summed E-state index contributed by atoms with van der Waals surface area (Å²) in [5, 5.41) is 10.6. The molecule has 0 aromatic rings. The Bertz CT molecular complexity index is 349. The number of Topliss-reactive ketones (excluding diaryl/α,β-unsaturated/α-hetero) is 1. The molecule has 1 aliphatic heterocycles. The van der Waals surface area contributed by atoms with Gasteiger partial charge in [0, 0.05) is 26.2 Å². The number of piperazine rings is 1. The molecule has 1 fully saturated rings. The minimum atomic E-state index is -0.978. The zero-order valence-electron chi connectivity index (χ0n) is 9.79. The highest BCUT2D eigenvalue weighted by Crippen LogP contribution is 1.99. The van der Waals surface area contributed by atoms with Gasteiger partial charge in [0.25, 0.3) is 5.91 Å². The van der Waals surface area contributed by atoms with Crippen LogP contribution in [0.4, 0.5) is 0 Å². The largest absolute Gasteiger partial charge is 0.388 e. The van der Waals surface area contributed by atoms with E-state index in [0.717, 1.165) is 6.41 Å². The maximum atomic E-state index is 11.6. The third-order valence-electron chi connectivity index (χ3n) is 2.61. The fourth-order valence-electron chi connectivity index (χ4n) is 1.51. The first-order chi connectivity index (χ1) is 8.58. The average molecular weight is 257 g/mol. The van der Waals surface area contributed by atoms with E-state index in [1.54, 1.807) is 4.90 Å². The zero-order valence-corrected chi connectivity index (χ0v) is 9.79. The van der Waals surface area contributed by atoms with Gasteiger partial charge in [0.05, 0.1) is 6.54 Å². The molecule has 0 aromatic carbocycles. The van der Waals surface area contributed by atoms with Gasteiger partial charge in [-0.3, -0.25) is 19.2 Å². The number of hydrogen-bond donors (Lipinski definition) is 2. The van der Waals surface area contributed by atoms with E-state index >= 15 is 0 Å². The maximum absolute atomic E-state index is 11.6. The van der Waals surface area contributed by atoms with E-state index in [1.807, 2.05) is 0 Å². The average Bonchev–Trinajstić information content (AvgIpc) is 2.43. The molecule has 0 aliphatic carbocycles. The number of nitrogens with zero attached hydrogens (tertiary/aromatic N) is 2. The van der Waals surface area contributed by atoms with Gasteiger partial charge < -0.3 is 20.2 Å². The smallest absolute Gasteiger partial charge is 0.290 e. The van der Waals surface area contributed by atoms with Crippen molar-refractivity contribution in [1.82, 2.24) is 15.1 Å². The van der Waals surface area contributed by atoms with Crippen LogP contribution in [0.3, 0.4) is 0 Å². The van der Waals surface area contributed by atoms with E-state index in [9.17, 15) is 19.2 Å². The molecule has 1 rings (SSSR count). The summed E-state index contributed by atoms with van der Waals surface area (Å²) < 4.78 is 0. The summed E-state index contributed by atoms with van der Waals surface area (Å²) in [6.45, 7) is 0.560. The lowest BCUT2D eigenvalue weighted by Gasteiger charge is -2.32. The van der Waals surface area contributed by atoms with Crippen molar-refractivity contribution < 1.29 is 24.3 Å². The number of carbonyl (C=O) groups is 4. The van der Waals surface area contributed by atoms with Crippen molar-refractivity contribution >= 4 is 24.0 Å². The Hall–Kier alpha value is -1.96. The fraction of sp³-hybridized carbons (Fsp3) is 0.600. The standard InChI is InChI=1S/C10H15N3O5/c14-6-8(16)10(18)11-5-9(17)13-3-1-12(7-15)2-4-13/h7,14H,1-6H2,(H,11,18). The molecule has 0 saturated carbocycles. The number of hydrogen-bond acceptors (Lipinski definition) is 5. The fourth-order valence-corrected chi connectivity index (χ4v) is 1.51. The van der Waals surface area contributed by atoms with Gasteiger partial charge >= 0.3 is 0 Å². The number of ketones is 1. The first-order valence-corrected chi connectivity index (χ1v) is 5.47. The van der Waals surface area contributed by atoms with E-state index in [2.05, 4.69) is 5.32 Å². The molecule has 0 bridgehead atoms. The van der Waals surface area contributed by atoms with Crippen LogP contribution in [0.1, 0.15) is 0 Å². The van der Waals surface area contributed by atoms with Crippen LogP contribution >= 0.6 is 0 Å². The molecular weight excluding hydrogens is 242 g/mol. The molecule has 8 heteroatoms. The molecule has 8 nitrogen and oxygen atoms in total. The lowest BCUT2D eigenvalue weighted by atomic mass is 10.3. The molecule has 1 aliphatic rings. The summed E-state index contributed by atoms with van der Waals surface area (Å²) in [7, 11) is 0. The summed E-state index contributed by atoms with van der Waals surface area (Å²) in [5.41, 5.74) is 0. The molecule has 0 aromatic heterocycles. The number of amides is 3. The van der Waals surface area contributed by atoms with Gasteiger partial charge in [-0.2, -0.15) is 0 Å². The second-order valence-corrected chi connectivity index (χ2v) is 3.79. The maximum Gasteiger partial charge on any atom is 0.290 e. The van der Waals surface area contributed by atoms with Crippen LogP contribution in [0.2, 0.25) is 0 Å². The molecule has 0 spiro atoms. The van der Waals surface area contributed by atoms with Crippen LogP contribution in [-0.4, -0.2) is 78.2 Å². The predicted molar refractivity (Wildman–Crippen MR) is 59.3 cm³/mol. The van der Waals surface area contributed by atoms with Gasteiger partial charge in [0.2, 0.25) is 18.1 Å². The van der Waals surface area contributed by atoms with Gasteiger partial charge in [0.1, 0.15) is 6.61 Å². The Morgan fingerprint density at radius 1 is 1.17 bits per heavy atom. The van der Waals surface area contributed by atoms with Gasteiger partial charge in [-0.05, 0) is 0 Å². The van der Waals surface area contributed by atoms with Gasteiger partial charge in [-0.1, -0.05) is 0 Å². The first kappa shape index (κ1) is 14.1. The van der Waals surface area contributed by atoms with E-state index in [-0.39, 0.29) is 12.5 Å². The van der Waals surface area contributed by atoms with Crippen LogP contribution in [0.25, 0.3) is 0 Å². The minimum absolute atomic E-state index is 0.286.